The van der Waals surface area contributed by atoms with E-state index >= 15 is 4.79 Å². The van der Waals surface area contributed by atoms with Crippen LogP contribution in [-0.2, 0) is 19.1 Å². The Morgan fingerprint density at radius 2 is 1.73 bits per heavy atom. The number of halogens is 1. The number of likely N-dealkylation sites (tertiary alicyclic amines) is 1. The number of rotatable bonds is 12. The van der Waals surface area contributed by atoms with Crippen LogP contribution in [0.3, 0.4) is 0 Å². The molecule has 0 saturated carbocycles. The van der Waals surface area contributed by atoms with Gasteiger partial charge in [0.1, 0.15) is 11.6 Å². The molecule has 1 aromatic carbocycles. The molecule has 44 heavy (non-hydrogen) atoms. The first-order valence-electron chi connectivity index (χ1n) is 15.7. The largest absolute Gasteiger partial charge is 0.394 e. The van der Waals surface area contributed by atoms with Crippen molar-refractivity contribution in [1.29, 1.82) is 0 Å². The molecule has 3 saturated heterocycles. The molecular weight excluding hydrogens is 622 g/mol. The van der Waals surface area contributed by atoms with Gasteiger partial charge in [-0.25, -0.2) is 0 Å². The highest BCUT2D eigenvalue weighted by Gasteiger charge is 2.77. The number of carbonyl (C=O) groups is 3. The molecule has 3 heterocycles. The molecule has 0 aromatic heterocycles. The van der Waals surface area contributed by atoms with Gasteiger partial charge >= 0.3 is 0 Å². The Bertz CT molecular complexity index is 1260. The number of fused-ring (bicyclic) bond motifs is 1. The maximum atomic E-state index is 15.0. The van der Waals surface area contributed by atoms with Crippen LogP contribution in [0.25, 0.3) is 0 Å². The quantitative estimate of drug-likeness (QED) is 0.244. The van der Waals surface area contributed by atoms with Crippen molar-refractivity contribution in [2.75, 3.05) is 24.6 Å². The minimum absolute atomic E-state index is 0.0758. The highest BCUT2D eigenvalue weighted by Crippen LogP contribution is 2.61. The van der Waals surface area contributed by atoms with Gasteiger partial charge in [0.25, 0.3) is 0 Å². The van der Waals surface area contributed by atoms with Crippen LogP contribution in [0, 0.1) is 23.2 Å². The van der Waals surface area contributed by atoms with Gasteiger partial charge in [0.05, 0.1) is 30.6 Å². The molecule has 0 aliphatic carbocycles. The highest BCUT2D eigenvalue weighted by molar-refractivity contribution is 9.09. The van der Waals surface area contributed by atoms with Crippen molar-refractivity contribution in [2.45, 2.75) is 95.5 Å². The minimum atomic E-state index is -1.23. The van der Waals surface area contributed by atoms with Gasteiger partial charge in [-0.15, -0.1) is 13.2 Å². The van der Waals surface area contributed by atoms with Gasteiger partial charge in [0, 0.05) is 29.1 Å². The van der Waals surface area contributed by atoms with Crippen molar-refractivity contribution < 1.29 is 24.2 Å². The lowest BCUT2D eigenvalue weighted by Crippen LogP contribution is -2.63. The SMILES string of the molecule is C=CCN(C(=O)[C@H]1[C@H]2C(=O)N([C@@H](CO)C(C)C)C(C(=O)N(CC=C)C(C)(C)CC(C)(C)C)C23CC(Br)[C@@H]1O3)c1ccccc1. The molecule has 3 fully saturated rings. The smallest absolute Gasteiger partial charge is 0.249 e. The van der Waals surface area contributed by atoms with E-state index in [-0.39, 0.29) is 53.6 Å². The number of ether oxygens (including phenoxy) is 1. The van der Waals surface area contributed by atoms with E-state index in [1.807, 2.05) is 62.9 Å². The van der Waals surface area contributed by atoms with Crippen molar-refractivity contribution in [3.05, 3.63) is 55.6 Å². The fourth-order valence-corrected chi connectivity index (χ4v) is 9.09. The van der Waals surface area contributed by atoms with Crippen molar-refractivity contribution in [2.24, 2.45) is 23.2 Å². The topological polar surface area (TPSA) is 90.4 Å². The maximum Gasteiger partial charge on any atom is 0.249 e. The molecule has 1 spiro atoms. The number of nitrogens with zero attached hydrogens (tertiary/aromatic N) is 3. The number of alkyl halides is 1. The molecule has 9 heteroatoms. The van der Waals surface area contributed by atoms with Crippen LogP contribution in [0.15, 0.2) is 55.6 Å². The summed E-state index contributed by atoms with van der Waals surface area (Å²) in [6, 6.07) is 7.70. The van der Waals surface area contributed by atoms with Gasteiger partial charge < -0.3 is 24.5 Å². The van der Waals surface area contributed by atoms with Crippen LogP contribution >= 0.6 is 15.9 Å². The molecule has 3 aliphatic rings. The van der Waals surface area contributed by atoms with Gasteiger partial charge in [-0.3, -0.25) is 14.4 Å². The number of anilines is 1. The van der Waals surface area contributed by atoms with E-state index in [0.717, 1.165) is 0 Å². The number of carbonyl (C=O) groups excluding carboxylic acids is 3. The van der Waals surface area contributed by atoms with Gasteiger partial charge in [-0.05, 0) is 50.2 Å². The molecule has 7 atom stereocenters. The molecule has 8 nitrogen and oxygen atoms in total. The number of hydrogen-bond acceptors (Lipinski definition) is 5. The number of amides is 3. The monoisotopic (exact) mass is 671 g/mol. The van der Waals surface area contributed by atoms with E-state index in [2.05, 4.69) is 49.9 Å². The third-order valence-electron chi connectivity index (χ3n) is 9.48. The predicted octanol–water partition coefficient (Wildman–Crippen LogP) is 5.20. The standard InChI is InChI=1S/C35H50BrN3O5/c1-10-17-37(23-15-13-12-14-16-23)30(41)26-27-31(42)39(25(20-40)22(3)4)29(35(27)19-24(36)28(26)44-35)32(43)38(18-11-2)34(8,9)21-33(5,6)7/h10-16,22,24-29,40H,1-2,17-21H2,3-9H3/t24?,25-,26-,27-,28-,29?,35?/m0/s1. The molecule has 0 radical (unpaired) electrons. The lowest BCUT2D eigenvalue weighted by atomic mass is 9.69. The first-order chi connectivity index (χ1) is 20.6. The average molecular weight is 673 g/mol. The van der Waals surface area contributed by atoms with Crippen LogP contribution in [-0.4, -0.2) is 86.5 Å². The number of aliphatic hydroxyl groups is 1. The maximum absolute atomic E-state index is 15.0. The fourth-order valence-electron chi connectivity index (χ4n) is 8.15. The predicted molar refractivity (Wildman–Crippen MR) is 177 cm³/mol. The first-order valence-corrected chi connectivity index (χ1v) is 16.6. The summed E-state index contributed by atoms with van der Waals surface area (Å²) in [6.45, 7) is 22.4. The summed E-state index contributed by atoms with van der Waals surface area (Å²) >= 11 is 3.79. The first kappa shape index (κ1) is 34.4. The summed E-state index contributed by atoms with van der Waals surface area (Å²) in [7, 11) is 0. The van der Waals surface area contributed by atoms with Crippen LogP contribution < -0.4 is 4.90 Å². The van der Waals surface area contributed by atoms with Crippen LogP contribution in [0.1, 0.15) is 61.3 Å². The summed E-state index contributed by atoms with van der Waals surface area (Å²) < 4.78 is 6.81. The second kappa shape index (κ2) is 12.7. The summed E-state index contributed by atoms with van der Waals surface area (Å²) in [5, 5.41) is 10.6. The summed E-state index contributed by atoms with van der Waals surface area (Å²) in [6.07, 6.45) is 3.90. The van der Waals surface area contributed by atoms with E-state index < -0.39 is 41.2 Å². The normalized spacial score (nSPS) is 28.6. The molecular formula is C35H50BrN3O5. The second-order valence-electron chi connectivity index (χ2n) is 14.8. The Morgan fingerprint density at radius 1 is 1.11 bits per heavy atom. The summed E-state index contributed by atoms with van der Waals surface area (Å²) in [5.74, 6) is -2.62. The molecule has 3 unspecified atom stereocenters. The van der Waals surface area contributed by atoms with Crippen LogP contribution in [0.4, 0.5) is 5.69 Å². The van der Waals surface area contributed by atoms with Crippen LogP contribution in [0.5, 0.6) is 0 Å². The number of aliphatic hydroxyl groups excluding tert-OH is 1. The van der Waals surface area contributed by atoms with E-state index in [1.54, 1.807) is 22.0 Å². The lowest BCUT2D eigenvalue weighted by molar-refractivity contribution is -0.156. The summed E-state index contributed by atoms with van der Waals surface area (Å²) in [4.78, 5) is 49.1. The van der Waals surface area contributed by atoms with E-state index in [9.17, 15) is 14.7 Å². The fraction of sp³-hybridized carbons (Fsp3) is 0.629. The molecule has 242 valence electrons. The minimum Gasteiger partial charge on any atom is -0.394 e. The number of para-hydroxylation sites is 1. The van der Waals surface area contributed by atoms with Gasteiger partial charge in [0.2, 0.25) is 17.7 Å². The van der Waals surface area contributed by atoms with Crippen molar-refractivity contribution in [3.8, 4) is 0 Å². The molecule has 4 rings (SSSR count). The number of hydrogen-bond donors (Lipinski definition) is 1. The van der Waals surface area contributed by atoms with Gasteiger partial charge in [-0.1, -0.05) is 80.9 Å². The second-order valence-corrected chi connectivity index (χ2v) is 15.9. The Morgan fingerprint density at radius 3 is 2.25 bits per heavy atom. The van der Waals surface area contributed by atoms with E-state index in [0.29, 0.717) is 18.5 Å². The molecule has 1 N–H and O–H groups in total. The molecule has 3 aliphatic heterocycles. The molecule has 1 aromatic rings. The Kier molecular flexibility index (Phi) is 9.94. The van der Waals surface area contributed by atoms with Crippen LogP contribution in [0.2, 0.25) is 0 Å². The van der Waals surface area contributed by atoms with Gasteiger partial charge in [0.15, 0.2) is 0 Å². The lowest BCUT2D eigenvalue weighted by Gasteiger charge is -2.47. The van der Waals surface area contributed by atoms with Crippen molar-refractivity contribution >= 4 is 39.3 Å². The Balaban J connectivity index is 1.87. The molecule has 2 bridgehead atoms. The third-order valence-corrected chi connectivity index (χ3v) is 10.3. The van der Waals surface area contributed by atoms with E-state index in [1.165, 1.54) is 0 Å². The Labute approximate surface area is 271 Å². The molecule has 3 amide bonds. The van der Waals surface area contributed by atoms with Gasteiger partial charge in [-0.2, -0.15) is 0 Å². The zero-order chi connectivity index (χ0) is 32.8. The third kappa shape index (κ3) is 5.92. The zero-order valence-corrected chi connectivity index (χ0v) is 28.9. The van der Waals surface area contributed by atoms with E-state index in [4.69, 9.17) is 4.74 Å². The summed E-state index contributed by atoms with van der Waals surface area (Å²) in [5.41, 5.74) is -1.18. The average Bonchev–Trinajstić information content (AvgIpc) is 3.52. The zero-order valence-electron chi connectivity index (χ0n) is 27.3. The Hall–Kier alpha value is -2.49. The highest BCUT2D eigenvalue weighted by atomic mass is 79.9. The van der Waals surface area contributed by atoms with Crippen molar-refractivity contribution in [1.82, 2.24) is 9.80 Å². The van der Waals surface area contributed by atoms with Crippen molar-refractivity contribution in [3.63, 3.8) is 0 Å². The number of benzene rings is 1.